The molecule has 0 aliphatic carbocycles. The Morgan fingerprint density at radius 2 is 2.00 bits per heavy atom. The Morgan fingerprint density at radius 3 is 2.59 bits per heavy atom. The molecule has 0 saturated heterocycles. The number of hydrogen-bond acceptors (Lipinski definition) is 5. The molecule has 0 atom stereocenters. The molecule has 2 aromatic heterocycles. The predicted octanol–water partition coefficient (Wildman–Crippen LogP) is 0.150. The summed E-state index contributed by atoms with van der Waals surface area (Å²) in [5, 5.41) is 16.9. The first-order chi connectivity index (χ1) is 8.16. The minimum Gasteiger partial charge on any atom is -0.477 e. The summed E-state index contributed by atoms with van der Waals surface area (Å²) in [5.41, 5.74) is 0.150. The summed E-state index contributed by atoms with van der Waals surface area (Å²) >= 11 is 0. The number of aromatic amines is 1. The molecule has 2 aromatic rings. The van der Waals surface area contributed by atoms with Gasteiger partial charge in [-0.25, -0.2) is 14.8 Å². The molecule has 8 heteroatoms. The lowest BCUT2D eigenvalue weighted by Crippen LogP contribution is -2.12. The van der Waals surface area contributed by atoms with Gasteiger partial charge in [-0.05, 0) is 0 Å². The number of nitrogens with one attached hydrogen (secondary N) is 2. The highest BCUT2D eigenvalue weighted by Crippen LogP contribution is 2.07. The van der Waals surface area contributed by atoms with E-state index in [1.165, 1.54) is 24.8 Å². The van der Waals surface area contributed by atoms with E-state index >= 15 is 0 Å². The van der Waals surface area contributed by atoms with Gasteiger partial charge in [0.25, 0.3) is 5.91 Å². The second kappa shape index (κ2) is 4.39. The highest BCUT2D eigenvalue weighted by atomic mass is 16.4. The highest BCUT2D eigenvalue weighted by Gasteiger charge is 2.11. The van der Waals surface area contributed by atoms with Crippen LogP contribution in [0.2, 0.25) is 0 Å². The van der Waals surface area contributed by atoms with Gasteiger partial charge in [0.05, 0.1) is 5.56 Å². The van der Waals surface area contributed by atoms with Gasteiger partial charge < -0.3 is 10.4 Å². The summed E-state index contributed by atoms with van der Waals surface area (Å²) in [7, 11) is 0. The molecule has 0 saturated carbocycles. The number of carbonyl (C=O) groups excluding carboxylic acids is 1. The third-order valence-electron chi connectivity index (χ3n) is 1.87. The molecule has 0 aromatic carbocycles. The summed E-state index contributed by atoms with van der Waals surface area (Å²) in [6.45, 7) is 0. The number of hydrogen-bond donors (Lipinski definition) is 3. The smallest absolute Gasteiger partial charge is 0.353 e. The topological polar surface area (TPSA) is 121 Å². The Hall–Kier alpha value is -2.77. The molecule has 0 fully saturated rings. The number of aromatic nitrogens is 4. The molecule has 86 valence electrons. The minimum absolute atomic E-state index is 0.107. The van der Waals surface area contributed by atoms with Crippen LogP contribution in [0.25, 0.3) is 0 Å². The molecule has 0 unspecified atom stereocenters. The lowest BCUT2D eigenvalue weighted by molar-refractivity contribution is 0.0690. The van der Waals surface area contributed by atoms with Crippen molar-refractivity contribution in [3.63, 3.8) is 0 Å². The summed E-state index contributed by atoms with van der Waals surface area (Å²) in [6.07, 6.45) is 3.98. The van der Waals surface area contributed by atoms with Crippen molar-refractivity contribution >= 4 is 17.7 Å². The molecule has 0 aliphatic heterocycles. The van der Waals surface area contributed by atoms with Gasteiger partial charge in [0.15, 0.2) is 5.82 Å². The van der Waals surface area contributed by atoms with Crippen LogP contribution in [0, 0.1) is 0 Å². The van der Waals surface area contributed by atoms with Crippen LogP contribution in [-0.4, -0.2) is 37.1 Å². The Kier molecular flexibility index (Phi) is 2.77. The largest absolute Gasteiger partial charge is 0.477 e. The van der Waals surface area contributed by atoms with E-state index in [4.69, 9.17) is 5.11 Å². The van der Waals surface area contributed by atoms with E-state index < -0.39 is 11.9 Å². The van der Waals surface area contributed by atoms with Crippen LogP contribution in [0.5, 0.6) is 0 Å². The van der Waals surface area contributed by atoms with Gasteiger partial charge in [0.2, 0.25) is 0 Å². The summed E-state index contributed by atoms with van der Waals surface area (Å²) in [4.78, 5) is 29.5. The van der Waals surface area contributed by atoms with Crippen molar-refractivity contribution in [3.8, 4) is 0 Å². The normalized spacial score (nSPS) is 9.88. The van der Waals surface area contributed by atoms with Crippen LogP contribution in [0.1, 0.15) is 20.8 Å². The molecule has 8 nitrogen and oxygen atoms in total. The van der Waals surface area contributed by atoms with Crippen molar-refractivity contribution in [3.05, 3.63) is 36.0 Å². The first-order valence-electron chi connectivity index (χ1n) is 4.52. The predicted molar refractivity (Wildman–Crippen MR) is 55.5 cm³/mol. The second-order valence-electron chi connectivity index (χ2n) is 3.05. The van der Waals surface area contributed by atoms with E-state index in [9.17, 15) is 9.59 Å². The summed E-state index contributed by atoms with van der Waals surface area (Å²) in [5.74, 6) is -1.49. The maximum Gasteiger partial charge on any atom is 0.353 e. The number of H-pyrrole nitrogens is 1. The fourth-order valence-electron chi connectivity index (χ4n) is 1.10. The van der Waals surface area contributed by atoms with Gasteiger partial charge in [0.1, 0.15) is 12.0 Å². The van der Waals surface area contributed by atoms with E-state index in [0.717, 1.165) is 0 Å². The quantitative estimate of drug-likeness (QED) is 0.693. The highest BCUT2D eigenvalue weighted by molar-refractivity contribution is 6.03. The maximum atomic E-state index is 11.6. The molecule has 2 rings (SSSR count). The Labute approximate surface area is 94.7 Å². The van der Waals surface area contributed by atoms with Crippen LogP contribution in [0.4, 0.5) is 5.82 Å². The molecule has 0 radical (unpaired) electrons. The van der Waals surface area contributed by atoms with Crippen molar-refractivity contribution in [2.24, 2.45) is 0 Å². The van der Waals surface area contributed by atoms with Gasteiger partial charge in [-0.15, -0.1) is 0 Å². The molecular formula is C9H7N5O3. The Bertz CT molecular complexity index is 551. The fourth-order valence-corrected chi connectivity index (χ4v) is 1.10. The fraction of sp³-hybridized carbons (Fsp3) is 0. The molecule has 0 bridgehead atoms. The molecular weight excluding hydrogens is 226 g/mol. The average molecular weight is 233 g/mol. The molecule has 1 amide bonds. The number of rotatable bonds is 3. The lowest BCUT2D eigenvalue weighted by atomic mass is 10.3. The maximum absolute atomic E-state index is 11.6. The second-order valence-corrected chi connectivity index (χ2v) is 3.05. The van der Waals surface area contributed by atoms with Crippen LogP contribution in [-0.2, 0) is 0 Å². The van der Waals surface area contributed by atoms with Crippen molar-refractivity contribution < 1.29 is 14.7 Å². The molecule has 3 N–H and O–H groups in total. The van der Waals surface area contributed by atoms with Gasteiger partial charge in [-0.1, -0.05) is 0 Å². The molecule has 2 heterocycles. The van der Waals surface area contributed by atoms with Crippen molar-refractivity contribution in [1.82, 2.24) is 20.2 Å². The standard InChI is InChI=1S/C9H7N5O3/c15-8(5-2-10-4-11-3-5)12-7-1-6(9(16)17)13-14-7/h1-4H,(H,16,17)(H2,12,13,14,15). The third kappa shape index (κ3) is 2.43. The van der Waals surface area contributed by atoms with Crippen LogP contribution >= 0.6 is 0 Å². The van der Waals surface area contributed by atoms with Crippen molar-refractivity contribution in [2.75, 3.05) is 5.32 Å². The zero-order chi connectivity index (χ0) is 12.3. The number of carboxylic acids is 1. The Morgan fingerprint density at radius 1 is 1.29 bits per heavy atom. The molecule has 17 heavy (non-hydrogen) atoms. The lowest BCUT2D eigenvalue weighted by Gasteiger charge is -1.99. The molecule has 0 aliphatic rings. The zero-order valence-corrected chi connectivity index (χ0v) is 8.41. The van der Waals surface area contributed by atoms with Gasteiger partial charge >= 0.3 is 5.97 Å². The first-order valence-corrected chi connectivity index (χ1v) is 4.52. The Balaban J connectivity index is 2.11. The number of aromatic carboxylic acids is 1. The van der Waals surface area contributed by atoms with Gasteiger partial charge in [0, 0.05) is 18.5 Å². The third-order valence-corrected chi connectivity index (χ3v) is 1.87. The number of amides is 1. The van der Waals surface area contributed by atoms with E-state index in [2.05, 4.69) is 25.5 Å². The number of anilines is 1. The summed E-state index contributed by atoms with van der Waals surface area (Å²) < 4.78 is 0. The van der Waals surface area contributed by atoms with Crippen LogP contribution in [0.15, 0.2) is 24.8 Å². The number of carbonyl (C=O) groups is 2. The van der Waals surface area contributed by atoms with Crippen molar-refractivity contribution in [1.29, 1.82) is 0 Å². The van der Waals surface area contributed by atoms with Crippen LogP contribution in [0.3, 0.4) is 0 Å². The monoisotopic (exact) mass is 233 g/mol. The van der Waals surface area contributed by atoms with Crippen molar-refractivity contribution in [2.45, 2.75) is 0 Å². The van der Waals surface area contributed by atoms with E-state index in [0.29, 0.717) is 0 Å². The van der Waals surface area contributed by atoms with Gasteiger partial charge in [-0.2, -0.15) is 5.10 Å². The summed E-state index contributed by atoms with van der Waals surface area (Å²) in [6, 6.07) is 1.21. The van der Waals surface area contributed by atoms with E-state index in [-0.39, 0.29) is 17.1 Å². The zero-order valence-electron chi connectivity index (χ0n) is 8.41. The van der Waals surface area contributed by atoms with Crippen LogP contribution < -0.4 is 5.32 Å². The minimum atomic E-state index is -1.15. The SMILES string of the molecule is O=C(Nc1cc(C(=O)O)[nH]n1)c1cncnc1. The van der Waals surface area contributed by atoms with E-state index in [1.807, 2.05) is 0 Å². The average Bonchev–Trinajstić information content (AvgIpc) is 2.79. The number of nitrogens with zero attached hydrogens (tertiary/aromatic N) is 3. The molecule has 0 spiro atoms. The van der Waals surface area contributed by atoms with E-state index in [1.54, 1.807) is 0 Å². The van der Waals surface area contributed by atoms with Gasteiger partial charge in [-0.3, -0.25) is 9.89 Å². The number of carboxylic acid groups (broad SMARTS) is 1. The first kappa shape index (κ1) is 10.7.